The lowest BCUT2D eigenvalue weighted by Crippen LogP contribution is -2.17. The van der Waals surface area contributed by atoms with Gasteiger partial charge in [-0.1, -0.05) is 41.9 Å². The van der Waals surface area contributed by atoms with Crippen LogP contribution in [-0.2, 0) is 6.54 Å². The number of methoxy groups -OCH3 is 1. The molecule has 1 aliphatic rings. The monoisotopic (exact) mass is 475 g/mol. The third-order valence-electron chi connectivity index (χ3n) is 5.44. The van der Waals surface area contributed by atoms with Crippen LogP contribution in [0.1, 0.15) is 15.9 Å². The Morgan fingerprint density at radius 2 is 1.76 bits per heavy atom. The molecule has 0 bridgehead atoms. The highest BCUT2D eigenvalue weighted by Crippen LogP contribution is 2.38. The van der Waals surface area contributed by atoms with Crippen molar-refractivity contribution in [2.24, 2.45) is 0 Å². The molecule has 34 heavy (non-hydrogen) atoms. The Hall–Kier alpha value is -3.97. The lowest BCUT2D eigenvalue weighted by molar-refractivity contribution is 0.102. The highest BCUT2D eigenvalue weighted by molar-refractivity contribution is 6.34. The van der Waals surface area contributed by atoms with E-state index in [0.29, 0.717) is 53.2 Å². The van der Waals surface area contributed by atoms with Crippen LogP contribution in [0.5, 0.6) is 17.2 Å². The van der Waals surface area contributed by atoms with Gasteiger partial charge in [-0.2, -0.15) is 5.10 Å². The Bertz CT molecular complexity index is 1320. The zero-order chi connectivity index (χ0) is 23.5. The quantitative estimate of drug-likeness (QED) is 0.410. The molecule has 8 heteroatoms. The molecular weight excluding hydrogens is 454 g/mol. The molecule has 0 atom stereocenters. The first kappa shape index (κ1) is 21.9. The first-order valence-electron chi connectivity index (χ1n) is 10.8. The largest absolute Gasteiger partial charge is 0.497 e. The van der Waals surface area contributed by atoms with Crippen LogP contribution in [0.3, 0.4) is 0 Å². The summed E-state index contributed by atoms with van der Waals surface area (Å²) in [6.07, 6.45) is 1.74. The van der Waals surface area contributed by atoms with E-state index in [-0.39, 0.29) is 5.91 Å². The van der Waals surface area contributed by atoms with E-state index in [1.807, 2.05) is 54.6 Å². The van der Waals surface area contributed by atoms with Crippen molar-refractivity contribution < 1.29 is 19.0 Å². The summed E-state index contributed by atoms with van der Waals surface area (Å²) < 4.78 is 18.2. The van der Waals surface area contributed by atoms with Crippen LogP contribution in [0.2, 0.25) is 5.02 Å². The number of halogens is 1. The van der Waals surface area contributed by atoms with Crippen LogP contribution in [-0.4, -0.2) is 36.0 Å². The Morgan fingerprint density at radius 3 is 2.47 bits per heavy atom. The first-order valence-corrected chi connectivity index (χ1v) is 11.1. The summed E-state index contributed by atoms with van der Waals surface area (Å²) in [5.41, 5.74) is 3.29. The third kappa shape index (κ3) is 4.56. The fourth-order valence-electron chi connectivity index (χ4n) is 3.75. The van der Waals surface area contributed by atoms with E-state index in [1.165, 1.54) is 0 Å². The van der Waals surface area contributed by atoms with E-state index >= 15 is 0 Å². The maximum absolute atomic E-state index is 13.4. The summed E-state index contributed by atoms with van der Waals surface area (Å²) in [5, 5.41) is 7.99. The molecule has 172 valence electrons. The van der Waals surface area contributed by atoms with Crippen LogP contribution >= 0.6 is 11.6 Å². The molecule has 4 aromatic rings. The number of benzene rings is 3. The molecule has 0 aliphatic carbocycles. The zero-order valence-corrected chi connectivity index (χ0v) is 19.2. The summed E-state index contributed by atoms with van der Waals surface area (Å²) in [5.74, 6) is 1.50. The maximum Gasteiger partial charge on any atom is 0.259 e. The molecule has 5 rings (SSSR count). The SMILES string of the molecule is COc1ccc(-c2nn(Cc3ccccc3)cc2C(=O)Nc2cc3c(cc2Cl)OCCO3)cc1. The molecule has 7 nitrogen and oxygen atoms in total. The van der Waals surface area contributed by atoms with Crippen LogP contribution in [0.25, 0.3) is 11.3 Å². The Balaban J connectivity index is 1.49. The number of carbonyl (C=O) groups excluding carboxylic acids is 1. The standard InChI is InChI=1S/C26H22ClN3O4/c1-32-19-9-7-18(8-10-19)25-20(16-30(29-25)15-17-5-3-2-4-6-17)26(31)28-22-14-24-23(13-21(22)27)33-11-12-34-24/h2-10,13-14,16H,11-12,15H2,1H3,(H,28,31). The van der Waals surface area contributed by atoms with Gasteiger partial charge in [-0.3, -0.25) is 9.48 Å². The maximum atomic E-state index is 13.4. The van der Waals surface area contributed by atoms with Crippen molar-refractivity contribution in [1.29, 1.82) is 0 Å². The number of nitrogens with zero attached hydrogens (tertiary/aromatic N) is 2. The highest BCUT2D eigenvalue weighted by Gasteiger charge is 2.21. The van der Waals surface area contributed by atoms with Crippen molar-refractivity contribution in [1.82, 2.24) is 9.78 Å². The number of hydrogen-bond donors (Lipinski definition) is 1. The number of aromatic nitrogens is 2. The van der Waals surface area contributed by atoms with E-state index < -0.39 is 0 Å². The molecule has 0 fully saturated rings. The van der Waals surface area contributed by atoms with Gasteiger partial charge in [0.25, 0.3) is 5.91 Å². The molecule has 2 heterocycles. The number of nitrogens with one attached hydrogen (secondary N) is 1. The van der Waals surface area contributed by atoms with E-state index in [1.54, 1.807) is 30.1 Å². The van der Waals surface area contributed by atoms with E-state index in [0.717, 1.165) is 16.9 Å². The normalized spacial score (nSPS) is 12.3. The molecule has 3 aromatic carbocycles. The molecule has 1 aliphatic heterocycles. The summed E-state index contributed by atoms with van der Waals surface area (Å²) in [6, 6.07) is 20.7. The third-order valence-corrected chi connectivity index (χ3v) is 5.75. The van der Waals surface area contributed by atoms with E-state index in [4.69, 9.17) is 30.9 Å². The minimum Gasteiger partial charge on any atom is -0.497 e. The Kier molecular flexibility index (Phi) is 6.10. The molecule has 0 saturated heterocycles. The predicted molar refractivity (Wildman–Crippen MR) is 130 cm³/mol. The molecule has 1 N–H and O–H groups in total. The van der Waals surface area contributed by atoms with Gasteiger partial charge in [0, 0.05) is 23.9 Å². The number of ether oxygens (including phenoxy) is 3. The van der Waals surface area contributed by atoms with Crippen LogP contribution in [0.4, 0.5) is 5.69 Å². The average molecular weight is 476 g/mol. The van der Waals surface area contributed by atoms with Crippen molar-refractivity contribution in [3.8, 4) is 28.5 Å². The number of rotatable bonds is 6. The summed E-state index contributed by atoms with van der Waals surface area (Å²) in [7, 11) is 1.61. The van der Waals surface area contributed by atoms with Crippen molar-refractivity contribution >= 4 is 23.2 Å². The zero-order valence-electron chi connectivity index (χ0n) is 18.5. The lowest BCUT2D eigenvalue weighted by Gasteiger charge is -2.20. The van der Waals surface area contributed by atoms with Gasteiger partial charge in [-0.05, 0) is 29.8 Å². The Labute approximate surface area is 201 Å². The van der Waals surface area contributed by atoms with Gasteiger partial charge in [-0.25, -0.2) is 0 Å². The van der Waals surface area contributed by atoms with Gasteiger partial charge < -0.3 is 19.5 Å². The number of amides is 1. The lowest BCUT2D eigenvalue weighted by atomic mass is 10.1. The number of hydrogen-bond acceptors (Lipinski definition) is 5. The topological polar surface area (TPSA) is 74.6 Å². The van der Waals surface area contributed by atoms with Crippen LogP contribution < -0.4 is 19.5 Å². The second kappa shape index (κ2) is 9.49. The Morgan fingerprint density at radius 1 is 1.06 bits per heavy atom. The molecule has 0 spiro atoms. The van der Waals surface area contributed by atoms with Crippen molar-refractivity contribution in [3.05, 3.63) is 89.1 Å². The van der Waals surface area contributed by atoms with Gasteiger partial charge in [0.2, 0.25) is 0 Å². The second-order valence-electron chi connectivity index (χ2n) is 7.73. The molecule has 1 amide bonds. The number of anilines is 1. The summed E-state index contributed by atoms with van der Waals surface area (Å²) >= 11 is 6.41. The van der Waals surface area contributed by atoms with Crippen LogP contribution in [0, 0.1) is 0 Å². The highest BCUT2D eigenvalue weighted by atomic mass is 35.5. The van der Waals surface area contributed by atoms with Gasteiger partial charge in [-0.15, -0.1) is 0 Å². The molecule has 0 radical (unpaired) electrons. The fourth-order valence-corrected chi connectivity index (χ4v) is 3.95. The molecule has 0 unspecified atom stereocenters. The number of carbonyl (C=O) groups is 1. The molecular formula is C26H22ClN3O4. The minimum atomic E-state index is -0.330. The first-order chi connectivity index (χ1) is 16.6. The summed E-state index contributed by atoms with van der Waals surface area (Å²) in [6.45, 7) is 1.43. The van der Waals surface area contributed by atoms with Gasteiger partial charge in [0.1, 0.15) is 24.7 Å². The van der Waals surface area contributed by atoms with E-state index in [2.05, 4.69) is 5.32 Å². The second-order valence-corrected chi connectivity index (χ2v) is 8.14. The van der Waals surface area contributed by atoms with Crippen molar-refractivity contribution in [2.75, 3.05) is 25.6 Å². The summed E-state index contributed by atoms with van der Waals surface area (Å²) in [4.78, 5) is 13.4. The molecule has 1 aromatic heterocycles. The van der Waals surface area contributed by atoms with E-state index in [9.17, 15) is 4.79 Å². The molecule has 0 saturated carbocycles. The smallest absolute Gasteiger partial charge is 0.259 e. The van der Waals surface area contributed by atoms with Gasteiger partial charge in [0.05, 0.1) is 29.9 Å². The van der Waals surface area contributed by atoms with Gasteiger partial charge in [0.15, 0.2) is 11.5 Å². The van der Waals surface area contributed by atoms with Crippen molar-refractivity contribution in [2.45, 2.75) is 6.54 Å². The van der Waals surface area contributed by atoms with Crippen molar-refractivity contribution in [3.63, 3.8) is 0 Å². The number of fused-ring (bicyclic) bond motifs is 1. The van der Waals surface area contributed by atoms with Gasteiger partial charge >= 0.3 is 0 Å². The van der Waals surface area contributed by atoms with Crippen LogP contribution in [0.15, 0.2) is 72.9 Å². The average Bonchev–Trinajstić information content (AvgIpc) is 3.29. The predicted octanol–water partition coefficient (Wildman–Crippen LogP) is 5.28. The fraction of sp³-hybridized carbons (Fsp3) is 0.154. The minimum absolute atomic E-state index is 0.330.